The van der Waals surface area contributed by atoms with Crippen molar-refractivity contribution >= 4 is 81.5 Å². The van der Waals surface area contributed by atoms with Crippen LogP contribution in [0.3, 0.4) is 0 Å². The van der Waals surface area contributed by atoms with Crippen LogP contribution in [0.1, 0.15) is 11.7 Å². The number of carbonyl (C=O) groups is 2. The Morgan fingerprint density at radius 3 is 1.96 bits per heavy atom. The van der Waals surface area contributed by atoms with E-state index in [0.29, 0.717) is 5.56 Å². The lowest BCUT2D eigenvalue weighted by Crippen LogP contribution is -2.27. The van der Waals surface area contributed by atoms with Crippen molar-refractivity contribution in [3.8, 4) is 11.5 Å². The number of hydrogen-bond acceptors (Lipinski definition) is 6. The zero-order chi connectivity index (χ0) is 19.4. The van der Waals surface area contributed by atoms with Gasteiger partial charge in [0, 0.05) is 6.54 Å². The first kappa shape index (κ1) is 22.9. The minimum atomic E-state index is -2.38. The largest absolute Gasteiger partial charge is 0.419 e. The van der Waals surface area contributed by atoms with Crippen LogP contribution >= 0.6 is 69.6 Å². The van der Waals surface area contributed by atoms with E-state index in [1.807, 2.05) is 0 Å². The van der Waals surface area contributed by atoms with Gasteiger partial charge in [-0.1, -0.05) is 75.7 Å². The number of carbonyl (C=O) groups excluding carboxylic acids is 2. The summed E-state index contributed by atoms with van der Waals surface area (Å²) in [5.41, 5.74) is 0.329. The minimum Gasteiger partial charge on any atom is -0.419 e. The summed E-state index contributed by atoms with van der Waals surface area (Å²) in [4.78, 5) is 23.5. The van der Waals surface area contributed by atoms with E-state index in [-0.39, 0.29) is 18.0 Å². The lowest BCUT2D eigenvalue weighted by atomic mass is 10.1. The molecule has 0 radical (unpaired) electrons. The Bertz CT molecular complexity index is 643. The highest BCUT2D eigenvalue weighted by molar-refractivity contribution is 6.76. The van der Waals surface area contributed by atoms with E-state index in [9.17, 15) is 14.7 Å². The van der Waals surface area contributed by atoms with Crippen molar-refractivity contribution in [3.63, 3.8) is 0 Å². The summed E-state index contributed by atoms with van der Waals surface area (Å²) in [6, 6.07) is 3.86. The molecule has 0 saturated heterocycles. The van der Waals surface area contributed by atoms with Gasteiger partial charge >= 0.3 is 11.9 Å². The van der Waals surface area contributed by atoms with E-state index in [2.05, 4.69) is 5.32 Å². The molecule has 6 nitrogen and oxygen atoms in total. The summed E-state index contributed by atoms with van der Waals surface area (Å²) in [6.45, 7) is 0.200. The van der Waals surface area contributed by atoms with Gasteiger partial charge in [0.1, 0.15) is 0 Å². The monoisotopic (exact) mass is 471 g/mol. The van der Waals surface area contributed by atoms with E-state index in [1.165, 1.54) is 18.2 Å². The van der Waals surface area contributed by atoms with Crippen LogP contribution in [0.2, 0.25) is 0 Å². The third kappa shape index (κ3) is 7.15. The van der Waals surface area contributed by atoms with Gasteiger partial charge in [-0.15, -0.1) is 0 Å². The highest BCUT2D eigenvalue weighted by Crippen LogP contribution is 2.36. The average Bonchev–Trinajstić information content (AvgIpc) is 2.47. The molecule has 1 atom stereocenters. The molecule has 1 rings (SSSR count). The number of aliphatic hydroxyl groups is 1. The number of halogens is 6. The molecule has 1 aromatic rings. The fourth-order valence-electron chi connectivity index (χ4n) is 1.52. The zero-order valence-corrected chi connectivity index (χ0v) is 16.9. The van der Waals surface area contributed by atoms with Crippen molar-refractivity contribution in [2.75, 3.05) is 13.6 Å². The van der Waals surface area contributed by atoms with Crippen LogP contribution in [0.25, 0.3) is 0 Å². The Labute approximate surface area is 173 Å². The van der Waals surface area contributed by atoms with Crippen molar-refractivity contribution in [2.24, 2.45) is 0 Å². The van der Waals surface area contributed by atoms with Crippen LogP contribution in [0, 0.1) is 0 Å². The van der Waals surface area contributed by atoms with Gasteiger partial charge in [0.2, 0.25) is 0 Å². The van der Waals surface area contributed by atoms with Gasteiger partial charge in [-0.2, -0.15) is 0 Å². The lowest BCUT2D eigenvalue weighted by Gasteiger charge is -2.17. The molecule has 0 aliphatic carbocycles. The van der Waals surface area contributed by atoms with E-state index in [0.717, 1.165) is 0 Å². The molecule has 0 heterocycles. The van der Waals surface area contributed by atoms with Crippen LogP contribution in [0.15, 0.2) is 18.2 Å². The molecule has 0 saturated carbocycles. The van der Waals surface area contributed by atoms with E-state index in [4.69, 9.17) is 79.1 Å². The van der Waals surface area contributed by atoms with Gasteiger partial charge in [-0.3, -0.25) is 0 Å². The topological polar surface area (TPSA) is 84.9 Å². The molecule has 1 aromatic carbocycles. The number of likely N-dealkylation sites (N-methyl/N-ethyl adjacent to an activating group) is 1. The van der Waals surface area contributed by atoms with Crippen molar-refractivity contribution in [3.05, 3.63) is 23.8 Å². The first-order valence-corrected chi connectivity index (χ1v) is 8.67. The minimum absolute atomic E-state index is 0.200. The smallest absolute Gasteiger partial charge is 0.364 e. The second kappa shape index (κ2) is 9.15. The third-order valence-electron chi connectivity index (χ3n) is 2.62. The molecule has 1 unspecified atom stereocenters. The number of ether oxygens (including phenoxy) is 2. The fraction of sp³-hybridized carbons (Fsp3) is 0.385. The molecule has 12 heteroatoms. The highest BCUT2D eigenvalue weighted by atomic mass is 35.6. The number of esters is 2. The molecule has 0 bridgehead atoms. The average molecular weight is 474 g/mol. The first-order chi connectivity index (χ1) is 11.4. The fourth-order valence-corrected chi connectivity index (χ4v) is 1.75. The zero-order valence-electron chi connectivity index (χ0n) is 12.4. The second-order valence-electron chi connectivity index (χ2n) is 4.55. The SMILES string of the molecule is CNCC(O)c1ccc(OC(=O)C(Cl)(Cl)Cl)c(OC(=O)C(Cl)(Cl)Cl)c1. The van der Waals surface area contributed by atoms with Gasteiger partial charge in [-0.25, -0.2) is 9.59 Å². The molecule has 0 amide bonds. The molecule has 25 heavy (non-hydrogen) atoms. The number of aliphatic hydroxyl groups excluding tert-OH is 1. The van der Waals surface area contributed by atoms with Gasteiger partial charge in [0.25, 0.3) is 7.59 Å². The quantitative estimate of drug-likeness (QED) is 0.387. The maximum absolute atomic E-state index is 11.8. The van der Waals surface area contributed by atoms with Crippen LogP contribution in [0.4, 0.5) is 0 Å². The van der Waals surface area contributed by atoms with Crippen LogP contribution in [-0.2, 0) is 9.59 Å². The van der Waals surface area contributed by atoms with Crippen molar-refractivity contribution in [1.29, 1.82) is 0 Å². The molecule has 0 spiro atoms. The molecule has 0 aliphatic heterocycles. The van der Waals surface area contributed by atoms with E-state index >= 15 is 0 Å². The normalized spacial score (nSPS) is 13.3. The predicted octanol–water partition coefficient (Wildman–Crippen LogP) is 3.49. The van der Waals surface area contributed by atoms with Gasteiger partial charge in [0.05, 0.1) is 6.10 Å². The summed E-state index contributed by atoms with van der Waals surface area (Å²) in [6.07, 6.45) is -0.951. The van der Waals surface area contributed by atoms with Gasteiger partial charge in [0.15, 0.2) is 11.5 Å². The molecule has 0 aromatic heterocycles. The Morgan fingerprint density at radius 1 is 1.04 bits per heavy atom. The third-order valence-corrected chi connectivity index (χ3v) is 3.54. The number of alkyl halides is 6. The van der Waals surface area contributed by atoms with Crippen LogP contribution < -0.4 is 14.8 Å². The van der Waals surface area contributed by atoms with Gasteiger partial charge < -0.3 is 19.9 Å². The van der Waals surface area contributed by atoms with Crippen molar-refractivity contribution in [2.45, 2.75) is 13.7 Å². The standard InChI is InChI=1S/C13H11Cl6NO5/c1-20-5-7(21)6-2-3-8(24-10(22)12(14,15)16)9(4-6)25-11(23)13(17,18)19/h2-4,7,20-21H,5H2,1H3. The predicted molar refractivity (Wildman–Crippen MR) is 97.2 cm³/mol. The van der Waals surface area contributed by atoms with E-state index < -0.39 is 25.6 Å². The number of nitrogens with one attached hydrogen (secondary N) is 1. The molecular weight excluding hydrogens is 463 g/mol. The number of hydrogen-bond donors (Lipinski definition) is 2. The summed E-state index contributed by atoms with van der Waals surface area (Å²) < 4.78 is 5.06. The maximum Gasteiger partial charge on any atom is 0.364 e. The highest BCUT2D eigenvalue weighted by Gasteiger charge is 2.36. The Kier molecular flexibility index (Phi) is 8.37. The summed E-state index contributed by atoms with van der Waals surface area (Å²) in [5.74, 6) is -3.10. The lowest BCUT2D eigenvalue weighted by molar-refractivity contribution is -0.136. The van der Waals surface area contributed by atoms with Gasteiger partial charge in [-0.05, 0) is 24.7 Å². The number of benzene rings is 1. The first-order valence-electron chi connectivity index (χ1n) is 6.41. The Morgan fingerprint density at radius 2 is 1.52 bits per heavy atom. The summed E-state index contributed by atoms with van der Waals surface area (Å²) in [5, 5.41) is 12.7. The summed E-state index contributed by atoms with van der Waals surface area (Å²) in [7, 11) is 1.63. The molecule has 140 valence electrons. The molecule has 0 aliphatic rings. The molecule has 2 N–H and O–H groups in total. The van der Waals surface area contributed by atoms with E-state index in [1.54, 1.807) is 7.05 Å². The Hall–Kier alpha value is -0.180. The molecular formula is C13H11Cl6NO5. The van der Waals surface area contributed by atoms with Crippen molar-refractivity contribution < 1.29 is 24.2 Å². The number of rotatable bonds is 5. The molecule has 0 fully saturated rings. The summed E-state index contributed by atoms with van der Waals surface area (Å²) >= 11 is 32.6. The second-order valence-corrected chi connectivity index (χ2v) is 9.12. The van der Waals surface area contributed by atoms with Crippen LogP contribution in [0.5, 0.6) is 11.5 Å². The maximum atomic E-state index is 11.8. The van der Waals surface area contributed by atoms with Crippen LogP contribution in [-0.4, -0.2) is 38.2 Å². The Balaban J connectivity index is 3.22. The van der Waals surface area contributed by atoms with Crippen molar-refractivity contribution in [1.82, 2.24) is 5.32 Å².